The third-order valence-corrected chi connectivity index (χ3v) is 15.1. The molecule has 81 heavy (non-hydrogen) atoms. The highest BCUT2D eigenvalue weighted by atomic mass is 16.6. The second-order valence-electron chi connectivity index (χ2n) is 23.1. The Kier molecular flexibility index (Phi) is 65.7. The zero-order chi connectivity index (χ0) is 58.5. The van der Waals surface area contributed by atoms with Crippen LogP contribution in [0.15, 0.2) is 97.2 Å². The molecule has 0 spiro atoms. The first-order chi connectivity index (χ1) is 40.0. The van der Waals surface area contributed by atoms with Crippen molar-refractivity contribution in [1.29, 1.82) is 0 Å². The molecule has 0 saturated carbocycles. The summed E-state index contributed by atoms with van der Waals surface area (Å²) < 4.78 is 17.0. The lowest BCUT2D eigenvalue weighted by molar-refractivity contribution is -0.167. The summed E-state index contributed by atoms with van der Waals surface area (Å²) in [5.74, 6) is -0.877. The van der Waals surface area contributed by atoms with E-state index in [4.69, 9.17) is 14.2 Å². The van der Waals surface area contributed by atoms with E-state index in [9.17, 15) is 14.4 Å². The maximum atomic E-state index is 13.0. The van der Waals surface area contributed by atoms with E-state index in [-0.39, 0.29) is 31.1 Å². The van der Waals surface area contributed by atoms with Crippen LogP contribution < -0.4 is 0 Å². The van der Waals surface area contributed by atoms with E-state index in [2.05, 4.69) is 118 Å². The zero-order valence-corrected chi connectivity index (χ0v) is 53.5. The molecule has 0 rings (SSSR count). The third-order valence-electron chi connectivity index (χ3n) is 15.1. The minimum Gasteiger partial charge on any atom is -0.462 e. The van der Waals surface area contributed by atoms with Crippen LogP contribution in [-0.4, -0.2) is 37.2 Å². The molecule has 0 heterocycles. The van der Waals surface area contributed by atoms with E-state index >= 15 is 0 Å². The van der Waals surface area contributed by atoms with Crippen molar-refractivity contribution in [2.24, 2.45) is 0 Å². The fraction of sp³-hybridized carbons (Fsp3) is 0.747. The van der Waals surface area contributed by atoms with Crippen LogP contribution in [0.25, 0.3) is 0 Å². The van der Waals surface area contributed by atoms with Crippen LogP contribution >= 0.6 is 0 Å². The van der Waals surface area contributed by atoms with Crippen LogP contribution in [0.3, 0.4) is 0 Å². The Morgan fingerprint density at radius 1 is 0.259 bits per heavy atom. The van der Waals surface area contributed by atoms with Crippen molar-refractivity contribution in [3.63, 3.8) is 0 Å². The van der Waals surface area contributed by atoms with Crippen LogP contribution in [-0.2, 0) is 28.6 Å². The maximum absolute atomic E-state index is 13.0. The molecule has 0 bridgehead atoms. The topological polar surface area (TPSA) is 78.9 Å². The molecule has 1 atom stereocenters. The van der Waals surface area contributed by atoms with Crippen LogP contribution in [0, 0.1) is 0 Å². The standard InChI is InChI=1S/C75H130O6/c1-4-7-10-13-16-19-22-25-28-30-32-34-36-37-39-40-42-44-47-50-53-56-59-62-65-68-74(77)80-71-72(70-79-73(76)67-64-61-58-55-52-49-46-27-24-21-18-15-12-9-6-3)81-75(78)69-66-63-60-57-54-51-48-45-43-41-38-35-33-31-29-26-23-20-17-14-11-8-5-2/h7,10,16,19,23,25-26,28,31-34,37-39,41,72H,4-6,8-9,11-15,17-18,20-22,24,27,29-30,35-36,40,42-71H2,1-3H3/b10-7-,19-16-,26-23-,28-25-,33-31-,34-32-,39-37-,41-38-. The number of hydrogen-bond acceptors (Lipinski definition) is 6. The second-order valence-corrected chi connectivity index (χ2v) is 23.1. The van der Waals surface area contributed by atoms with Crippen molar-refractivity contribution in [3.8, 4) is 0 Å². The van der Waals surface area contributed by atoms with Crippen molar-refractivity contribution in [2.75, 3.05) is 13.2 Å². The number of ether oxygens (including phenoxy) is 3. The molecule has 0 aliphatic carbocycles. The summed E-state index contributed by atoms with van der Waals surface area (Å²) in [5, 5.41) is 0. The fourth-order valence-corrected chi connectivity index (χ4v) is 9.89. The SMILES string of the molecule is CC/C=C\C/C=C\C/C=C\C/C=C\C/C=C\CCCCCCCCCCCC(=O)OCC(COC(=O)CCCCCCCCCCCCCCCCC)OC(=O)CCCCCCCCCC/C=C\C/C=C\C/C=C\CCCCCCC. The average Bonchev–Trinajstić information content (AvgIpc) is 3.47. The van der Waals surface area contributed by atoms with Gasteiger partial charge in [0.05, 0.1) is 0 Å². The summed E-state index contributed by atoms with van der Waals surface area (Å²) in [6.45, 7) is 6.55. The van der Waals surface area contributed by atoms with E-state index in [0.717, 1.165) is 116 Å². The number of carbonyl (C=O) groups is 3. The maximum Gasteiger partial charge on any atom is 0.306 e. The number of allylic oxidation sites excluding steroid dienone is 16. The lowest BCUT2D eigenvalue weighted by atomic mass is 10.0. The first-order valence-electron chi connectivity index (χ1n) is 34.7. The van der Waals surface area contributed by atoms with E-state index in [1.165, 1.54) is 186 Å². The molecule has 0 aromatic rings. The van der Waals surface area contributed by atoms with Crippen molar-refractivity contribution < 1.29 is 28.6 Å². The number of hydrogen-bond donors (Lipinski definition) is 0. The third kappa shape index (κ3) is 67.0. The quantitative estimate of drug-likeness (QED) is 0.0261. The zero-order valence-electron chi connectivity index (χ0n) is 53.5. The van der Waals surface area contributed by atoms with Gasteiger partial charge in [0.25, 0.3) is 0 Å². The van der Waals surface area contributed by atoms with Gasteiger partial charge in [-0.3, -0.25) is 14.4 Å². The van der Waals surface area contributed by atoms with Gasteiger partial charge in [-0.05, 0) is 103 Å². The van der Waals surface area contributed by atoms with Gasteiger partial charge in [0.2, 0.25) is 0 Å². The van der Waals surface area contributed by atoms with Gasteiger partial charge in [0.1, 0.15) is 13.2 Å². The smallest absolute Gasteiger partial charge is 0.306 e. The van der Waals surface area contributed by atoms with E-state index in [1.54, 1.807) is 0 Å². The Labute approximate surface area is 502 Å². The molecule has 0 aliphatic heterocycles. The predicted octanol–water partition coefficient (Wildman–Crippen LogP) is 24.0. The minimum absolute atomic E-state index is 0.0793. The van der Waals surface area contributed by atoms with E-state index in [1.807, 2.05) is 0 Å². The lowest BCUT2D eigenvalue weighted by Crippen LogP contribution is -2.30. The molecular formula is C75H130O6. The second kappa shape index (κ2) is 68.8. The summed E-state index contributed by atoms with van der Waals surface area (Å²) in [4.78, 5) is 38.5. The highest BCUT2D eigenvalue weighted by Crippen LogP contribution is 2.17. The lowest BCUT2D eigenvalue weighted by Gasteiger charge is -2.18. The Balaban J connectivity index is 4.37. The summed E-state index contributed by atoms with van der Waals surface area (Å²) in [5.41, 5.74) is 0. The molecule has 0 aromatic carbocycles. The number of esters is 3. The molecule has 0 aromatic heterocycles. The van der Waals surface area contributed by atoms with Crippen molar-refractivity contribution >= 4 is 17.9 Å². The summed E-state index contributed by atoms with van der Waals surface area (Å²) in [6.07, 6.45) is 92.7. The molecule has 0 N–H and O–H groups in total. The number of unbranched alkanes of at least 4 members (excludes halogenated alkanes) is 36. The Morgan fingerprint density at radius 2 is 0.481 bits per heavy atom. The molecule has 0 aliphatic rings. The number of rotatable bonds is 63. The van der Waals surface area contributed by atoms with Crippen LogP contribution in [0.4, 0.5) is 0 Å². The van der Waals surface area contributed by atoms with Gasteiger partial charge in [0.15, 0.2) is 6.10 Å². The van der Waals surface area contributed by atoms with Gasteiger partial charge in [-0.25, -0.2) is 0 Å². The van der Waals surface area contributed by atoms with Gasteiger partial charge in [-0.2, -0.15) is 0 Å². The van der Waals surface area contributed by atoms with E-state index in [0.29, 0.717) is 19.3 Å². The Bertz CT molecular complexity index is 1580. The molecule has 6 heteroatoms. The molecule has 0 fully saturated rings. The molecular weight excluding hydrogens is 997 g/mol. The Morgan fingerprint density at radius 3 is 0.753 bits per heavy atom. The van der Waals surface area contributed by atoms with Gasteiger partial charge in [0, 0.05) is 19.3 Å². The first kappa shape index (κ1) is 77.3. The van der Waals surface area contributed by atoms with Crippen LogP contribution in [0.1, 0.15) is 342 Å². The van der Waals surface area contributed by atoms with Crippen molar-refractivity contribution in [3.05, 3.63) is 97.2 Å². The molecule has 0 radical (unpaired) electrons. The number of carbonyl (C=O) groups excluding carboxylic acids is 3. The van der Waals surface area contributed by atoms with Gasteiger partial charge in [-0.1, -0.05) is 317 Å². The average molecular weight is 1130 g/mol. The molecule has 466 valence electrons. The fourth-order valence-electron chi connectivity index (χ4n) is 9.89. The van der Waals surface area contributed by atoms with Gasteiger partial charge >= 0.3 is 17.9 Å². The predicted molar refractivity (Wildman–Crippen MR) is 353 cm³/mol. The van der Waals surface area contributed by atoms with Gasteiger partial charge in [-0.15, -0.1) is 0 Å². The van der Waals surface area contributed by atoms with Crippen LogP contribution in [0.5, 0.6) is 0 Å². The first-order valence-corrected chi connectivity index (χ1v) is 34.7. The van der Waals surface area contributed by atoms with Crippen molar-refractivity contribution in [1.82, 2.24) is 0 Å². The Hall–Kier alpha value is -3.67. The van der Waals surface area contributed by atoms with E-state index < -0.39 is 6.10 Å². The van der Waals surface area contributed by atoms with Gasteiger partial charge < -0.3 is 14.2 Å². The largest absolute Gasteiger partial charge is 0.462 e. The van der Waals surface area contributed by atoms with Crippen LogP contribution in [0.2, 0.25) is 0 Å². The summed E-state index contributed by atoms with van der Waals surface area (Å²) in [7, 11) is 0. The highest BCUT2D eigenvalue weighted by Gasteiger charge is 2.19. The van der Waals surface area contributed by atoms with Crippen molar-refractivity contribution in [2.45, 2.75) is 348 Å². The summed E-state index contributed by atoms with van der Waals surface area (Å²) in [6, 6.07) is 0. The minimum atomic E-state index is -0.785. The molecule has 6 nitrogen and oxygen atoms in total. The molecule has 0 saturated heterocycles. The highest BCUT2D eigenvalue weighted by molar-refractivity contribution is 5.71. The monoisotopic (exact) mass is 1130 g/mol. The molecule has 1 unspecified atom stereocenters. The molecule has 0 amide bonds. The normalized spacial score (nSPS) is 12.7. The summed E-state index contributed by atoms with van der Waals surface area (Å²) >= 11 is 0.